The normalized spacial score (nSPS) is 17.5. The number of H-pyrrole nitrogens is 1. The highest BCUT2D eigenvalue weighted by Gasteiger charge is 2.45. The third-order valence-electron chi connectivity index (χ3n) is 7.20. The molecule has 3 aromatic heterocycles. The molecule has 0 saturated heterocycles. The summed E-state index contributed by atoms with van der Waals surface area (Å²) in [6, 6.07) is 12.1. The van der Waals surface area contributed by atoms with Crippen molar-refractivity contribution in [1.29, 1.82) is 0 Å². The summed E-state index contributed by atoms with van der Waals surface area (Å²) in [7, 11) is 0. The highest BCUT2D eigenvalue weighted by Crippen LogP contribution is 2.48. The first-order valence-electron chi connectivity index (χ1n) is 12.4. The van der Waals surface area contributed by atoms with Gasteiger partial charge in [-0.3, -0.25) is 9.67 Å². The molecule has 8 heteroatoms. The first-order valence-corrected chi connectivity index (χ1v) is 12.4. The first kappa shape index (κ1) is 21.5. The van der Waals surface area contributed by atoms with Crippen LogP contribution in [0, 0.1) is 12.8 Å². The highest BCUT2D eigenvalue weighted by molar-refractivity contribution is 5.84. The van der Waals surface area contributed by atoms with Crippen LogP contribution >= 0.6 is 0 Å². The lowest BCUT2D eigenvalue weighted by Gasteiger charge is -2.34. The van der Waals surface area contributed by atoms with Crippen LogP contribution in [-0.4, -0.2) is 30.7 Å². The number of hydrogen-bond acceptors (Lipinski definition) is 4. The van der Waals surface area contributed by atoms with E-state index in [9.17, 15) is 8.78 Å². The Morgan fingerprint density at radius 1 is 1.11 bits per heavy atom. The molecular formula is C28H25F2N5O. The van der Waals surface area contributed by atoms with E-state index < -0.39 is 5.92 Å². The molecule has 0 aliphatic heterocycles. The van der Waals surface area contributed by atoms with Crippen molar-refractivity contribution in [1.82, 2.24) is 24.7 Å². The maximum atomic E-state index is 13.2. The van der Waals surface area contributed by atoms with Crippen molar-refractivity contribution >= 4 is 21.9 Å². The monoisotopic (exact) mass is 485 g/mol. The van der Waals surface area contributed by atoms with Crippen molar-refractivity contribution in [2.24, 2.45) is 5.92 Å². The number of aromatic amines is 1. The molecule has 7 rings (SSSR count). The zero-order valence-corrected chi connectivity index (χ0v) is 19.8. The third kappa shape index (κ3) is 3.90. The van der Waals surface area contributed by atoms with Crippen LogP contribution in [0.3, 0.4) is 0 Å². The molecule has 6 nitrogen and oxygen atoms in total. The van der Waals surface area contributed by atoms with Crippen LogP contribution in [0.2, 0.25) is 0 Å². The second-order valence-corrected chi connectivity index (χ2v) is 10.3. The fraction of sp³-hybridized carbons (Fsp3) is 0.321. The van der Waals surface area contributed by atoms with Crippen molar-refractivity contribution in [3.8, 4) is 22.8 Å². The van der Waals surface area contributed by atoms with Crippen LogP contribution in [0.25, 0.3) is 33.2 Å². The van der Waals surface area contributed by atoms with Gasteiger partial charge in [0.1, 0.15) is 11.5 Å². The first-order chi connectivity index (χ1) is 17.4. The Hall–Kier alpha value is -3.81. The number of ether oxygens (including phenoxy) is 1. The quantitative estimate of drug-likeness (QED) is 0.281. The van der Waals surface area contributed by atoms with Gasteiger partial charge in [0.2, 0.25) is 5.92 Å². The Morgan fingerprint density at radius 3 is 2.78 bits per heavy atom. The van der Waals surface area contributed by atoms with Crippen molar-refractivity contribution < 1.29 is 13.5 Å². The third-order valence-corrected chi connectivity index (χ3v) is 7.20. The molecule has 0 unspecified atom stereocenters. The van der Waals surface area contributed by atoms with Gasteiger partial charge in [-0.15, -0.1) is 0 Å². The van der Waals surface area contributed by atoms with Gasteiger partial charge in [0, 0.05) is 54.0 Å². The summed E-state index contributed by atoms with van der Waals surface area (Å²) in [6.07, 6.45) is 7.42. The zero-order valence-electron chi connectivity index (χ0n) is 19.8. The number of alkyl halides is 2. The lowest BCUT2D eigenvalue weighted by Crippen LogP contribution is -2.37. The Labute approximate surface area is 206 Å². The largest absolute Gasteiger partial charge is 0.457 e. The van der Waals surface area contributed by atoms with Gasteiger partial charge in [0.05, 0.1) is 29.1 Å². The van der Waals surface area contributed by atoms with E-state index in [1.807, 2.05) is 37.4 Å². The summed E-state index contributed by atoms with van der Waals surface area (Å²) in [5.41, 5.74) is 6.47. The highest BCUT2D eigenvalue weighted by atomic mass is 19.3. The molecule has 0 amide bonds. The van der Waals surface area contributed by atoms with Crippen LogP contribution in [-0.2, 0) is 6.54 Å². The molecule has 0 radical (unpaired) electrons. The van der Waals surface area contributed by atoms with Gasteiger partial charge >= 0.3 is 0 Å². The lowest BCUT2D eigenvalue weighted by molar-refractivity contribution is -0.114. The average Bonchev–Trinajstić information content (AvgIpc) is 3.43. The molecule has 2 aromatic carbocycles. The second-order valence-electron chi connectivity index (χ2n) is 10.3. The number of aryl methyl sites for hydroxylation is 1. The van der Waals surface area contributed by atoms with E-state index in [0.717, 1.165) is 68.8 Å². The van der Waals surface area contributed by atoms with Crippen molar-refractivity contribution in [3.63, 3.8) is 0 Å². The molecule has 5 aromatic rings. The minimum Gasteiger partial charge on any atom is -0.457 e. The number of aromatic nitrogens is 5. The summed E-state index contributed by atoms with van der Waals surface area (Å²) >= 11 is 0. The predicted octanol–water partition coefficient (Wildman–Crippen LogP) is 7.00. The molecule has 1 N–H and O–H groups in total. The molecule has 3 heterocycles. The van der Waals surface area contributed by atoms with Crippen LogP contribution < -0.4 is 4.74 Å². The summed E-state index contributed by atoms with van der Waals surface area (Å²) < 4.78 is 34.5. The molecule has 182 valence electrons. The SMILES string of the molecule is Cc1cc2ccc(Oc3ccc4ncc(-c5cnn(CC6CC(F)(F)C6)c5)nc4c3C3CC3)cc2[nH]1. The smallest absolute Gasteiger partial charge is 0.248 e. The molecule has 2 fully saturated rings. The van der Waals surface area contributed by atoms with Gasteiger partial charge in [-0.05, 0) is 67.3 Å². The van der Waals surface area contributed by atoms with Gasteiger partial charge in [-0.2, -0.15) is 5.10 Å². The molecule has 0 atom stereocenters. The number of nitrogens with one attached hydrogen (secondary N) is 1. The number of halogens is 2. The zero-order chi connectivity index (χ0) is 24.4. The van der Waals surface area contributed by atoms with Crippen molar-refractivity contribution in [2.45, 2.75) is 51.0 Å². The van der Waals surface area contributed by atoms with Crippen LogP contribution in [0.1, 0.15) is 42.9 Å². The van der Waals surface area contributed by atoms with Crippen molar-refractivity contribution in [2.75, 3.05) is 0 Å². The minimum absolute atomic E-state index is 0.0364. The molecule has 0 spiro atoms. The average molecular weight is 486 g/mol. The molecule has 0 bridgehead atoms. The Balaban J connectivity index is 1.21. The van der Waals surface area contributed by atoms with Gasteiger partial charge < -0.3 is 9.72 Å². The van der Waals surface area contributed by atoms with Crippen LogP contribution in [0.4, 0.5) is 8.78 Å². The maximum Gasteiger partial charge on any atom is 0.248 e. The Bertz CT molecular complexity index is 1610. The fourth-order valence-electron chi connectivity index (χ4n) is 5.29. The topological polar surface area (TPSA) is 68.6 Å². The summed E-state index contributed by atoms with van der Waals surface area (Å²) in [6.45, 7) is 2.54. The van der Waals surface area contributed by atoms with Crippen molar-refractivity contribution in [3.05, 3.63) is 66.2 Å². The Morgan fingerprint density at radius 2 is 1.97 bits per heavy atom. The van der Waals surface area contributed by atoms with E-state index in [0.29, 0.717) is 12.5 Å². The molecule has 2 saturated carbocycles. The minimum atomic E-state index is -2.52. The standard InChI is InChI=1S/C28H25F2N5O/c1-16-8-19-4-5-21(9-23(19)33-16)36-25-7-6-22-27(26(25)18-2-3-18)34-24(13-31-22)20-12-32-35(15-20)14-17-10-28(29,30)11-17/h4-9,12-13,15,17-18,33H,2-3,10-11,14H2,1H3. The van der Waals surface area contributed by atoms with Crippen LogP contribution in [0.15, 0.2) is 55.0 Å². The van der Waals surface area contributed by atoms with Gasteiger partial charge in [0.15, 0.2) is 0 Å². The summed E-state index contributed by atoms with van der Waals surface area (Å²) in [5, 5.41) is 5.54. The number of rotatable bonds is 6. The van der Waals surface area contributed by atoms with Gasteiger partial charge in [-0.1, -0.05) is 0 Å². The van der Waals surface area contributed by atoms with E-state index in [1.54, 1.807) is 17.1 Å². The number of nitrogens with zero attached hydrogens (tertiary/aromatic N) is 4. The summed E-state index contributed by atoms with van der Waals surface area (Å²) in [5.74, 6) is -0.577. The van der Waals surface area contributed by atoms with Gasteiger partial charge in [-0.25, -0.2) is 13.8 Å². The molecule has 2 aliphatic carbocycles. The molecular weight excluding hydrogens is 460 g/mol. The number of fused-ring (bicyclic) bond motifs is 2. The van der Waals surface area contributed by atoms with E-state index in [-0.39, 0.29) is 18.8 Å². The van der Waals surface area contributed by atoms with Crippen LogP contribution in [0.5, 0.6) is 11.5 Å². The predicted molar refractivity (Wildman–Crippen MR) is 134 cm³/mol. The number of hydrogen-bond donors (Lipinski definition) is 1. The summed E-state index contributed by atoms with van der Waals surface area (Å²) in [4.78, 5) is 13.0. The van der Waals surface area contributed by atoms with E-state index in [1.165, 1.54) is 0 Å². The van der Waals surface area contributed by atoms with E-state index in [4.69, 9.17) is 9.72 Å². The molecule has 36 heavy (non-hydrogen) atoms. The Kier molecular flexibility index (Phi) is 4.68. The number of benzene rings is 2. The van der Waals surface area contributed by atoms with Gasteiger partial charge in [0.25, 0.3) is 0 Å². The van der Waals surface area contributed by atoms with E-state index >= 15 is 0 Å². The van der Waals surface area contributed by atoms with E-state index in [2.05, 4.69) is 27.2 Å². The molecule has 2 aliphatic rings. The maximum absolute atomic E-state index is 13.2. The second kappa shape index (κ2) is 7.85. The fourth-order valence-corrected chi connectivity index (χ4v) is 5.29. The lowest BCUT2D eigenvalue weighted by atomic mass is 9.81.